The molecule has 3 N–H and O–H groups in total. The Hall–Kier alpha value is -1.07. The van der Waals surface area contributed by atoms with Crippen molar-refractivity contribution in [2.75, 3.05) is 0 Å². The van der Waals surface area contributed by atoms with E-state index in [0.717, 1.165) is 11.6 Å². The number of primary sulfonamides is 1. The van der Waals surface area contributed by atoms with E-state index in [1.165, 1.54) is 12.1 Å². The highest BCUT2D eigenvalue weighted by Crippen LogP contribution is 2.18. The van der Waals surface area contributed by atoms with Gasteiger partial charge >= 0.3 is 0 Å². The van der Waals surface area contributed by atoms with Gasteiger partial charge in [0.15, 0.2) is 0 Å². The average molecular weight is 201 g/mol. The molecule has 0 heterocycles. The Balaban J connectivity index is 3.33. The molecule has 0 aromatic heterocycles. The van der Waals surface area contributed by atoms with Crippen LogP contribution >= 0.6 is 0 Å². The molecule has 0 spiro atoms. The van der Waals surface area contributed by atoms with Crippen LogP contribution in [0.15, 0.2) is 23.1 Å². The summed E-state index contributed by atoms with van der Waals surface area (Å²) in [5.74, 6) is -0.0802. The molecule has 1 rings (SSSR count). The molecule has 72 valence electrons. The molecular formula is C8H11NO3S. The monoisotopic (exact) mass is 201 g/mol. The summed E-state index contributed by atoms with van der Waals surface area (Å²) in [6, 6.07) is 4.10. The van der Waals surface area contributed by atoms with E-state index in [-0.39, 0.29) is 10.6 Å². The summed E-state index contributed by atoms with van der Waals surface area (Å²) in [6.07, 6.45) is 0.650. The summed E-state index contributed by atoms with van der Waals surface area (Å²) >= 11 is 0. The molecule has 0 atom stereocenters. The number of hydrogen-bond acceptors (Lipinski definition) is 3. The second kappa shape index (κ2) is 3.35. The van der Waals surface area contributed by atoms with Crippen LogP contribution in [-0.2, 0) is 16.4 Å². The second-order valence-electron chi connectivity index (χ2n) is 2.73. The van der Waals surface area contributed by atoms with Crippen LogP contribution in [0, 0.1) is 0 Å². The maximum absolute atomic E-state index is 10.9. The van der Waals surface area contributed by atoms with Gasteiger partial charge in [0.1, 0.15) is 5.75 Å². The van der Waals surface area contributed by atoms with Crippen molar-refractivity contribution in [1.29, 1.82) is 0 Å². The van der Waals surface area contributed by atoms with Crippen molar-refractivity contribution in [3.05, 3.63) is 23.8 Å². The number of aryl methyl sites for hydroxylation is 1. The molecule has 1 aromatic carbocycles. The summed E-state index contributed by atoms with van der Waals surface area (Å²) in [5.41, 5.74) is 0.740. The van der Waals surface area contributed by atoms with Gasteiger partial charge in [0, 0.05) is 0 Å². The highest BCUT2D eigenvalue weighted by molar-refractivity contribution is 7.89. The Bertz CT molecular complexity index is 411. The number of sulfonamides is 1. The third kappa shape index (κ3) is 2.43. The van der Waals surface area contributed by atoms with Crippen molar-refractivity contribution in [2.24, 2.45) is 5.14 Å². The zero-order valence-electron chi connectivity index (χ0n) is 7.19. The van der Waals surface area contributed by atoms with E-state index in [4.69, 9.17) is 10.2 Å². The molecule has 0 aliphatic carbocycles. The first-order chi connectivity index (χ1) is 5.93. The SMILES string of the molecule is CCc1cc(O)cc(S(N)(=O)=O)c1. The molecule has 0 saturated carbocycles. The van der Waals surface area contributed by atoms with Crippen LogP contribution in [-0.4, -0.2) is 13.5 Å². The molecule has 0 unspecified atom stereocenters. The van der Waals surface area contributed by atoms with E-state index in [1.807, 2.05) is 6.92 Å². The number of nitrogens with two attached hydrogens (primary N) is 1. The van der Waals surface area contributed by atoms with E-state index in [2.05, 4.69) is 0 Å². The lowest BCUT2D eigenvalue weighted by atomic mass is 10.2. The number of benzene rings is 1. The van der Waals surface area contributed by atoms with E-state index in [1.54, 1.807) is 0 Å². The predicted molar refractivity (Wildman–Crippen MR) is 48.9 cm³/mol. The first kappa shape index (κ1) is 10.0. The quantitative estimate of drug-likeness (QED) is 0.735. The van der Waals surface area contributed by atoms with Crippen molar-refractivity contribution >= 4 is 10.0 Å². The first-order valence-corrected chi connectivity index (χ1v) is 5.34. The van der Waals surface area contributed by atoms with Gasteiger partial charge in [-0.05, 0) is 30.2 Å². The number of hydrogen-bond donors (Lipinski definition) is 2. The fourth-order valence-corrected chi connectivity index (χ4v) is 1.61. The van der Waals surface area contributed by atoms with Crippen LogP contribution in [0.4, 0.5) is 0 Å². The Morgan fingerprint density at radius 3 is 2.46 bits per heavy atom. The number of phenols is 1. The normalized spacial score (nSPS) is 11.5. The van der Waals surface area contributed by atoms with Crippen LogP contribution in [0.2, 0.25) is 0 Å². The second-order valence-corrected chi connectivity index (χ2v) is 4.30. The lowest BCUT2D eigenvalue weighted by Gasteiger charge is -2.02. The molecule has 0 aliphatic heterocycles. The minimum Gasteiger partial charge on any atom is -0.508 e. The summed E-state index contributed by atoms with van der Waals surface area (Å²) in [6.45, 7) is 1.86. The average Bonchev–Trinajstić information content (AvgIpc) is 2.01. The third-order valence-corrected chi connectivity index (χ3v) is 2.58. The molecular weight excluding hydrogens is 190 g/mol. The summed E-state index contributed by atoms with van der Waals surface area (Å²) in [5, 5.41) is 14.1. The van der Waals surface area contributed by atoms with Gasteiger partial charge in [-0.15, -0.1) is 0 Å². The largest absolute Gasteiger partial charge is 0.508 e. The molecule has 0 radical (unpaired) electrons. The minimum atomic E-state index is -3.72. The standard InChI is InChI=1S/C8H11NO3S/c1-2-6-3-7(10)5-8(4-6)13(9,11)12/h3-5,10H,2H2,1H3,(H2,9,11,12). The Morgan fingerprint density at radius 1 is 1.38 bits per heavy atom. The minimum absolute atomic E-state index is 0.0515. The number of phenolic OH excluding ortho intramolecular Hbond substituents is 1. The highest BCUT2D eigenvalue weighted by Gasteiger charge is 2.09. The molecule has 0 aliphatic rings. The number of aromatic hydroxyl groups is 1. The predicted octanol–water partition coefficient (Wildman–Crippen LogP) is 0.602. The van der Waals surface area contributed by atoms with Gasteiger partial charge in [-0.3, -0.25) is 0 Å². The topological polar surface area (TPSA) is 80.4 Å². The maximum atomic E-state index is 10.9. The van der Waals surface area contributed by atoms with Crippen molar-refractivity contribution in [2.45, 2.75) is 18.2 Å². The molecule has 5 heteroatoms. The summed E-state index contributed by atoms with van der Waals surface area (Å²) in [7, 11) is -3.72. The molecule has 0 amide bonds. The van der Waals surface area contributed by atoms with Crippen LogP contribution in [0.3, 0.4) is 0 Å². The summed E-state index contributed by atoms with van der Waals surface area (Å²) in [4.78, 5) is -0.0515. The number of rotatable bonds is 2. The Morgan fingerprint density at radius 2 is 2.00 bits per heavy atom. The van der Waals surface area contributed by atoms with Crippen LogP contribution in [0.1, 0.15) is 12.5 Å². The van der Waals surface area contributed by atoms with Gasteiger partial charge in [-0.2, -0.15) is 0 Å². The van der Waals surface area contributed by atoms with Gasteiger partial charge in [-0.1, -0.05) is 6.92 Å². The zero-order valence-corrected chi connectivity index (χ0v) is 8.00. The zero-order chi connectivity index (χ0) is 10.1. The van der Waals surface area contributed by atoms with Crippen molar-refractivity contribution in [3.8, 4) is 5.75 Å². The van der Waals surface area contributed by atoms with Gasteiger partial charge in [0.2, 0.25) is 10.0 Å². The van der Waals surface area contributed by atoms with Crippen molar-refractivity contribution in [1.82, 2.24) is 0 Å². The van der Waals surface area contributed by atoms with Crippen molar-refractivity contribution < 1.29 is 13.5 Å². The van der Waals surface area contributed by atoms with Crippen LogP contribution < -0.4 is 5.14 Å². The highest BCUT2D eigenvalue weighted by atomic mass is 32.2. The lowest BCUT2D eigenvalue weighted by Crippen LogP contribution is -2.12. The smallest absolute Gasteiger partial charge is 0.238 e. The molecule has 0 bridgehead atoms. The van der Waals surface area contributed by atoms with Gasteiger partial charge in [-0.25, -0.2) is 13.6 Å². The van der Waals surface area contributed by atoms with Crippen LogP contribution in [0.25, 0.3) is 0 Å². The molecule has 1 aromatic rings. The fourth-order valence-electron chi connectivity index (χ4n) is 1.01. The Kier molecular flexibility index (Phi) is 2.58. The molecule has 4 nitrogen and oxygen atoms in total. The lowest BCUT2D eigenvalue weighted by molar-refractivity contribution is 0.472. The van der Waals surface area contributed by atoms with Gasteiger partial charge in [0.25, 0.3) is 0 Å². The van der Waals surface area contributed by atoms with E-state index >= 15 is 0 Å². The van der Waals surface area contributed by atoms with E-state index < -0.39 is 10.0 Å². The summed E-state index contributed by atoms with van der Waals surface area (Å²) < 4.78 is 21.8. The van der Waals surface area contributed by atoms with Crippen molar-refractivity contribution in [3.63, 3.8) is 0 Å². The van der Waals surface area contributed by atoms with Gasteiger partial charge in [0.05, 0.1) is 4.90 Å². The molecule has 13 heavy (non-hydrogen) atoms. The Labute approximate surface area is 77.1 Å². The molecule has 0 saturated heterocycles. The van der Waals surface area contributed by atoms with E-state index in [9.17, 15) is 8.42 Å². The van der Waals surface area contributed by atoms with Gasteiger partial charge < -0.3 is 5.11 Å². The first-order valence-electron chi connectivity index (χ1n) is 3.79. The fraction of sp³-hybridized carbons (Fsp3) is 0.250. The molecule has 0 fully saturated rings. The van der Waals surface area contributed by atoms with E-state index in [0.29, 0.717) is 6.42 Å². The van der Waals surface area contributed by atoms with Crippen LogP contribution in [0.5, 0.6) is 5.75 Å². The third-order valence-electron chi connectivity index (χ3n) is 1.69. The maximum Gasteiger partial charge on any atom is 0.238 e.